The van der Waals surface area contributed by atoms with Gasteiger partial charge in [0, 0.05) is 0 Å². The molecule has 1 aromatic carbocycles. The van der Waals surface area contributed by atoms with Gasteiger partial charge in [0.05, 0.1) is 23.5 Å². The first kappa shape index (κ1) is 14.8. The summed E-state index contributed by atoms with van der Waals surface area (Å²) in [5.74, 6) is 0.509. The van der Waals surface area contributed by atoms with Crippen molar-refractivity contribution in [3.63, 3.8) is 0 Å². The van der Waals surface area contributed by atoms with Gasteiger partial charge in [0.2, 0.25) is 15.9 Å². The first-order valence-corrected chi connectivity index (χ1v) is 8.37. The molecule has 0 fully saturated rings. The highest BCUT2D eigenvalue weighted by Gasteiger charge is 2.23. The van der Waals surface area contributed by atoms with Gasteiger partial charge in [-0.05, 0) is 50.5 Å². The van der Waals surface area contributed by atoms with Gasteiger partial charge >= 0.3 is 0 Å². The third-order valence-electron chi connectivity index (χ3n) is 3.48. The van der Waals surface area contributed by atoms with E-state index >= 15 is 0 Å². The number of aryl methyl sites for hydroxylation is 1. The molecule has 1 atom stereocenters. The fourth-order valence-electron chi connectivity index (χ4n) is 2.19. The van der Waals surface area contributed by atoms with Crippen LogP contribution in [0.3, 0.4) is 0 Å². The quantitative estimate of drug-likeness (QED) is 0.929. The van der Waals surface area contributed by atoms with E-state index in [1.807, 2.05) is 33.8 Å². The van der Waals surface area contributed by atoms with Crippen molar-refractivity contribution in [2.24, 2.45) is 4.99 Å². The van der Waals surface area contributed by atoms with Gasteiger partial charge in [-0.25, -0.2) is 13.4 Å². The van der Waals surface area contributed by atoms with E-state index in [1.54, 1.807) is 0 Å². The van der Waals surface area contributed by atoms with Crippen molar-refractivity contribution in [2.45, 2.75) is 33.7 Å². The summed E-state index contributed by atoms with van der Waals surface area (Å²) in [4.78, 5) is 4.42. The molecule has 0 saturated heterocycles. The third-order valence-corrected chi connectivity index (χ3v) is 4.05. The summed E-state index contributed by atoms with van der Waals surface area (Å²) in [6.07, 6.45) is 1.14. The minimum Gasteiger partial charge on any atom is -0.475 e. The summed E-state index contributed by atoms with van der Waals surface area (Å²) in [5, 5.41) is 0. The Labute approximate surface area is 120 Å². The van der Waals surface area contributed by atoms with Crippen LogP contribution in [-0.2, 0) is 14.8 Å². The number of sulfonamides is 1. The lowest BCUT2D eigenvalue weighted by atomic mass is 9.98. The van der Waals surface area contributed by atoms with Crippen LogP contribution >= 0.6 is 0 Å². The third kappa shape index (κ3) is 2.95. The Morgan fingerprint density at radius 2 is 1.95 bits per heavy atom. The minimum absolute atomic E-state index is 0.0954. The molecule has 1 aliphatic rings. The number of anilines is 1. The van der Waals surface area contributed by atoms with Crippen LogP contribution < -0.4 is 4.72 Å². The second kappa shape index (κ2) is 5.09. The molecule has 6 heteroatoms. The Hall–Kier alpha value is -1.56. The van der Waals surface area contributed by atoms with E-state index in [0.717, 1.165) is 22.9 Å². The molecule has 0 amide bonds. The van der Waals surface area contributed by atoms with E-state index in [1.165, 1.54) is 0 Å². The fourth-order valence-corrected chi connectivity index (χ4v) is 2.82. The van der Waals surface area contributed by atoms with Gasteiger partial charge in [-0.3, -0.25) is 4.72 Å². The highest BCUT2D eigenvalue weighted by atomic mass is 32.2. The molecule has 1 N–H and O–H groups in total. The molecule has 0 bridgehead atoms. The zero-order valence-electron chi connectivity index (χ0n) is 12.4. The summed E-state index contributed by atoms with van der Waals surface area (Å²) in [6, 6.07) is 2.02. The van der Waals surface area contributed by atoms with Crippen molar-refractivity contribution in [2.75, 3.05) is 17.6 Å². The van der Waals surface area contributed by atoms with Crippen molar-refractivity contribution in [1.29, 1.82) is 0 Å². The molecule has 0 spiro atoms. The summed E-state index contributed by atoms with van der Waals surface area (Å²) < 4.78 is 31.3. The van der Waals surface area contributed by atoms with Crippen LogP contribution in [0.1, 0.15) is 29.2 Å². The van der Waals surface area contributed by atoms with Crippen molar-refractivity contribution in [3.8, 4) is 0 Å². The monoisotopic (exact) mass is 296 g/mol. The molecule has 1 aliphatic heterocycles. The van der Waals surface area contributed by atoms with Crippen LogP contribution in [0.4, 0.5) is 5.69 Å². The zero-order valence-corrected chi connectivity index (χ0v) is 13.3. The molecule has 5 nitrogen and oxygen atoms in total. The summed E-state index contributed by atoms with van der Waals surface area (Å²) in [5.41, 5.74) is 4.31. The van der Waals surface area contributed by atoms with Crippen LogP contribution in [0, 0.1) is 20.8 Å². The van der Waals surface area contributed by atoms with Crippen molar-refractivity contribution in [1.82, 2.24) is 0 Å². The zero-order chi connectivity index (χ0) is 15.1. The SMILES string of the molecule is Cc1cc(C2=N[C@@H](C)CO2)c(NS(C)(=O)=O)c(C)c1C. The second-order valence-corrected chi connectivity index (χ2v) is 7.08. The smallest absolute Gasteiger partial charge is 0.229 e. The Bertz CT molecular complexity index is 678. The normalized spacial score (nSPS) is 18.6. The maximum absolute atomic E-state index is 11.6. The highest BCUT2D eigenvalue weighted by molar-refractivity contribution is 7.92. The summed E-state index contributed by atoms with van der Waals surface area (Å²) >= 11 is 0. The maximum Gasteiger partial charge on any atom is 0.229 e. The summed E-state index contributed by atoms with van der Waals surface area (Å²) in [6.45, 7) is 8.36. The molecule has 0 unspecified atom stereocenters. The highest BCUT2D eigenvalue weighted by Crippen LogP contribution is 2.29. The molecule has 0 aromatic heterocycles. The number of nitrogens with zero attached hydrogens (tertiary/aromatic N) is 1. The Morgan fingerprint density at radius 3 is 2.45 bits per heavy atom. The average molecular weight is 296 g/mol. The predicted molar refractivity (Wildman–Crippen MR) is 81.1 cm³/mol. The molecular formula is C14H20N2O3S. The number of aliphatic imine (C=N–C) groups is 1. The number of ether oxygens (including phenoxy) is 1. The lowest BCUT2D eigenvalue weighted by molar-refractivity contribution is 0.324. The standard InChI is InChI=1S/C14H20N2O3S/c1-8-6-12(14-15-9(2)7-19-14)13(11(4)10(8)3)16-20(5,17)18/h6,9,16H,7H2,1-5H3/t9-/m0/s1. The molecule has 0 saturated carbocycles. The van der Waals surface area contributed by atoms with Gasteiger partial charge in [-0.2, -0.15) is 0 Å². The maximum atomic E-state index is 11.6. The minimum atomic E-state index is -3.36. The van der Waals surface area contributed by atoms with Gasteiger partial charge < -0.3 is 4.74 Å². The molecule has 1 heterocycles. The molecular weight excluding hydrogens is 276 g/mol. The van der Waals surface area contributed by atoms with Crippen molar-refractivity contribution in [3.05, 3.63) is 28.3 Å². The van der Waals surface area contributed by atoms with Crippen LogP contribution in [0.15, 0.2) is 11.1 Å². The molecule has 110 valence electrons. The van der Waals surface area contributed by atoms with E-state index in [2.05, 4.69) is 9.71 Å². The summed E-state index contributed by atoms with van der Waals surface area (Å²) in [7, 11) is -3.36. The number of hydrogen-bond donors (Lipinski definition) is 1. The van der Waals surface area contributed by atoms with Gasteiger partial charge in [-0.1, -0.05) is 0 Å². The van der Waals surface area contributed by atoms with E-state index < -0.39 is 10.0 Å². The van der Waals surface area contributed by atoms with Gasteiger partial charge in [-0.15, -0.1) is 0 Å². The van der Waals surface area contributed by atoms with Crippen LogP contribution in [0.25, 0.3) is 0 Å². The van der Waals surface area contributed by atoms with E-state index in [-0.39, 0.29) is 6.04 Å². The van der Waals surface area contributed by atoms with E-state index in [4.69, 9.17) is 4.74 Å². The molecule has 1 aromatic rings. The fraction of sp³-hybridized carbons (Fsp3) is 0.500. The van der Waals surface area contributed by atoms with Gasteiger partial charge in [0.25, 0.3) is 0 Å². The van der Waals surface area contributed by atoms with Crippen molar-refractivity contribution < 1.29 is 13.2 Å². The topological polar surface area (TPSA) is 67.8 Å². The first-order valence-electron chi connectivity index (χ1n) is 6.48. The molecule has 2 rings (SSSR count). The van der Waals surface area contributed by atoms with Crippen molar-refractivity contribution >= 4 is 21.6 Å². The largest absolute Gasteiger partial charge is 0.475 e. The van der Waals surface area contributed by atoms with Gasteiger partial charge in [0.15, 0.2) is 0 Å². The number of hydrogen-bond acceptors (Lipinski definition) is 4. The van der Waals surface area contributed by atoms with E-state index in [0.29, 0.717) is 23.8 Å². The Morgan fingerprint density at radius 1 is 1.30 bits per heavy atom. The number of benzene rings is 1. The lowest BCUT2D eigenvalue weighted by Crippen LogP contribution is -2.16. The Kier molecular flexibility index (Phi) is 3.77. The van der Waals surface area contributed by atoms with Crippen LogP contribution in [0.5, 0.6) is 0 Å². The van der Waals surface area contributed by atoms with Crippen LogP contribution in [0.2, 0.25) is 0 Å². The average Bonchev–Trinajstić information content (AvgIpc) is 2.75. The first-order chi connectivity index (χ1) is 9.19. The Balaban J connectivity index is 2.63. The lowest BCUT2D eigenvalue weighted by Gasteiger charge is -2.17. The number of rotatable bonds is 3. The van der Waals surface area contributed by atoms with Crippen LogP contribution in [-0.4, -0.2) is 33.2 Å². The molecule has 20 heavy (non-hydrogen) atoms. The number of nitrogens with one attached hydrogen (secondary N) is 1. The van der Waals surface area contributed by atoms with E-state index in [9.17, 15) is 8.42 Å². The second-order valence-electron chi connectivity index (χ2n) is 5.33. The molecule has 0 radical (unpaired) electrons. The predicted octanol–water partition coefficient (Wildman–Crippen LogP) is 2.15. The van der Waals surface area contributed by atoms with Gasteiger partial charge in [0.1, 0.15) is 6.61 Å². The molecule has 0 aliphatic carbocycles.